The van der Waals surface area contributed by atoms with Gasteiger partial charge < -0.3 is 20.4 Å². The van der Waals surface area contributed by atoms with E-state index in [4.69, 9.17) is 4.42 Å². The molecule has 3 N–H and O–H groups in total. The fourth-order valence-electron chi connectivity index (χ4n) is 3.66. The maximum atomic E-state index is 12.4. The molecule has 2 aliphatic heterocycles. The summed E-state index contributed by atoms with van der Waals surface area (Å²) in [5.74, 6) is -0.157. The first-order valence-electron chi connectivity index (χ1n) is 8.78. The van der Waals surface area contributed by atoms with Crippen LogP contribution < -0.4 is 16.0 Å². The van der Waals surface area contributed by atoms with Crippen molar-refractivity contribution in [3.05, 3.63) is 42.2 Å². The van der Waals surface area contributed by atoms with Crippen LogP contribution >= 0.6 is 11.8 Å². The molecule has 3 atom stereocenters. The van der Waals surface area contributed by atoms with Crippen molar-refractivity contribution in [3.8, 4) is 0 Å². The molecule has 0 unspecified atom stereocenters. The molecule has 1 aromatic carbocycles. The fourth-order valence-corrected chi connectivity index (χ4v) is 4.45. The van der Waals surface area contributed by atoms with Gasteiger partial charge in [0.25, 0.3) is 5.91 Å². The van der Waals surface area contributed by atoms with Crippen LogP contribution in [-0.2, 0) is 4.79 Å². The minimum Gasteiger partial charge on any atom is -0.456 e. The fraction of sp³-hybridized carbons (Fsp3) is 0.368. The van der Waals surface area contributed by atoms with E-state index in [0.29, 0.717) is 28.4 Å². The number of benzene rings is 1. The molecular formula is C19H21N3O3S. The van der Waals surface area contributed by atoms with Crippen molar-refractivity contribution in [2.45, 2.75) is 54.3 Å². The minimum atomic E-state index is -0.136. The Hall–Kier alpha value is -2.25. The van der Waals surface area contributed by atoms with Crippen molar-refractivity contribution in [3.63, 3.8) is 0 Å². The monoisotopic (exact) mass is 371 g/mol. The summed E-state index contributed by atoms with van der Waals surface area (Å²) in [6.45, 7) is 1.45. The molecular weight excluding hydrogens is 350 g/mol. The van der Waals surface area contributed by atoms with E-state index in [1.54, 1.807) is 6.07 Å². The number of anilines is 1. The zero-order chi connectivity index (χ0) is 18.1. The molecule has 2 amide bonds. The zero-order valence-corrected chi connectivity index (χ0v) is 15.3. The maximum Gasteiger partial charge on any atom is 0.251 e. The van der Waals surface area contributed by atoms with Crippen molar-refractivity contribution in [2.24, 2.45) is 0 Å². The smallest absolute Gasteiger partial charge is 0.251 e. The van der Waals surface area contributed by atoms with Crippen LogP contribution in [0.2, 0.25) is 0 Å². The summed E-state index contributed by atoms with van der Waals surface area (Å²) in [6.07, 6.45) is 4.91. The summed E-state index contributed by atoms with van der Waals surface area (Å²) < 4.78 is 5.43. The van der Waals surface area contributed by atoms with Crippen molar-refractivity contribution < 1.29 is 14.0 Å². The van der Waals surface area contributed by atoms with Crippen LogP contribution in [0.3, 0.4) is 0 Å². The second-order valence-corrected chi connectivity index (χ2v) is 7.90. The highest BCUT2D eigenvalue weighted by Gasteiger charge is 2.39. The number of carbonyl (C=O) groups excluding carboxylic acids is 2. The SMILES string of the molecule is CC(=O)Nc1coc(Sc2ccc(C(=O)N[C@@H]3C[C@H]4CC[C@@H]3N4)cc2)c1. The van der Waals surface area contributed by atoms with E-state index in [9.17, 15) is 9.59 Å². The first-order chi connectivity index (χ1) is 12.6. The third-order valence-electron chi connectivity index (χ3n) is 4.85. The van der Waals surface area contributed by atoms with Gasteiger partial charge in [0.1, 0.15) is 6.26 Å². The molecule has 2 aromatic rings. The Morgan fingerprint density at radius 2 is 2.04 bits per heavy atom. The van der Waals surface area contributed by atoms with Gasteiger partial charge >= 0.3 is 0 Å². The van der Waals surface area contributed by atoms with Crippen LogP contribution in [0.5, 0.6) is 0 Å². The lowest BCUT2D eigenvalue weighted by atomic mass is 9.95. The molecule has 0 saturated carbocycles. The third kappa shape index (κ3) is 3.78. The van der Waals surface area contributed by atoms with Gasteiger partial charge in [0, 0.05) is 41.6 Å². The zero-order valence-electron chi connectivity index (χ0n) is 14.5. The lowest BCUT2D eigenvalue weighted by Gasteiger charge is -2.21. The van der Waals surface area contributed by atoms with Gasteiger partial charge in [0.05, 0.1) is 5.69 Å². The van der Waals surface area contributed by atoms with E-state index < -0.39 is 0 Å². The molecule has 2 bridgehead atoms. The molecule has 1 aromatic heterocycles. The van der Waals surface area contributed by atoms with Gasteiger partial charge in [-0.3, -0.25) is 9.59 Å². The van der Waals surface area contributed by atoms with E-state index in [1.807, 2.05) is 24.3 Å². The molecule has 0 spiro atoms. The molecule has 4 rings (SSSR count). The first kappa shape index (κ1) is 17.2. The number of hydrogen-bond donors (Lipinski definition) is 3. The normalized spacial score (nSPS) is 23.8. The van der Waals surface area contributed by atoms with Gasteiger partial charge in [-0.05, 0) is 43.5 Å². The second-order valence-electron chi connectivity index (χ2n) is 6.83. The quantitative estimate of drug-likeness (QED) is 0.752. The second kappa shape index (κ2) is 7.17. The maximum absolute atomic E-state index is 12.4. The molecule has 6 nitrogen and oxygen atoms in total. The van der Waals surface area contributed by atoms with Crippen molar-refractivity contribution in [2.75, 3.05) is 5.32 Å². The lowest BCUT2D eigenvalue weighted by Crippen LogP contribution is -2.42. The summed E-state index contributed by atoms with van der Waals surface area (Å²) in [4.78, 5) is 24.5. The molecule has 7 heteroatoms. The average Bonchev–Trinajstić information content (AvgIpc) is 3.32. The Morgan fingerprint density at radius 1 is 1.23 bits per heavy atom. The largest absolute Gasteiger partial charge is 0.456 e. The van der Waals surface area contributed by atoms with Crippen LogP contribution in [0.15, 0.2) is 51.0 Å². The van der Waals surface area contributed by atoms with E-state index in [2.05, 4.69) is 16.0 Å². The Kier molecular flexibility index (Phi) is 4.74. The van der Waals surface area contributed by atoms with Crippen molar-refractivity contribution >= 4 is 29.3 Å². The van der Waals surface area contributed by atoms with Gasteiger partial charge in [0.15, 0.2) is 5.09 Å². The van der Waals surface area contributed by atoms with E-state index in [-0.39, 0.29) is 17.9 Å². The van der Waals surface area contributed by atoms with Crippen LogP contribution in [0, 0.1) is 0 Å². The summed E-state index contributed by atoms with van der Waals surface area (Å²) in [5, 5.41) is 10.0. The summed E-state index contributed by atoms with van der Waals surface area (Å²) in [6, 6.07) is 10.5. The van der Waals surface area contributed by atoms with E-state index in [0.717, 1.165) is 17.7 Å². The number of rotatable bonds is 5. The summed E-state index contributed by atoms with van der Waals surface area (Å²) in [5.41, 5.74) is 1.30. The average molecular weight is 371 g/mol. The molecule has 26 heavy (non-hydrogen) atoms. The highest BCUT2D eigenvalue weighted by Crippen LogP contribution is 2.31. The van der Waals surface area contributed by atoms with Crippen LogP contribution in [-0.4, -0.2) is 29.9 Å². The Morgan fingerprint density at radius 3 is 2.69 bits per heavy atom. The number of hydrogen-bond acceptors (Lipinski definition) is 5. The number of carbonyl (C=O) groups is 2. The summed E-state index contributed by atoms with van der Waals surface area (Å²) in [7, 11) is 0. The third-order valence-corrected chi connectivity index (χ3v) is 5.77. The highest BCUT2D eigenvalue weighted by molar-refractivity contribution is 7.99. The molecule has 136 valence electrons. The van der Waals surface area contributed by atoms with Crippen LogP contribution in [0.4, 0.5) is 5.69 Å². The number of furan rings is 1. The van der Waals surface area contributed by atoms with Gasteiger partial charge in [0.2, 0.25) is 5.91 Å². The summed E-state index contributed by atoms with van der Waals surface area (Å²) >= 11 is 1.44. The Labute approximate surface area is 156 Å². The van der Waals surface area contributed by atoms with Gasteiger partial charge in [-0.25, -0.2) is 0 Å². The lowest BCUT2D eigenvalue weighted by molar-refractivity contribution is -0.114. The number of fused-ring (bicyclic) bond motifs is 2. The minimum absolute atomic E-state index is 0.0214. The number of amides is 2. The van der Waals surface area contributed by atoms with Crippen LogP contribution in [0.25, 0.3) is 0 Å². The van der Waals surface area contributed by atoms with Crippen molar-refractivity contribution in [1.82, 2.24) is 10.6 Å². The molecule has 2 saturated heterocycles. The molecule has 3 heterocycles. The standard InChI is InChI=1S/C19H21N3O3S/c1-11(23)20-14-9-18(25-10-14)26-15-5-2-12(3-6-15)19(24)22-17-8-13-4-7-16(17)21-13/h2-3,5-6,9-10,13,16-17,21H,4,7-8H2,1H3,(H,20,23)(H,22,24)/t13-,16+,17-/m1/s1. The predicted molar refractivity (Wildman–Crippen MR) is 99.4 cm³/mol. The van der Waals surface area contributed by atoms with Gasteiger partial charge in [-0.15, -0.1) is 0 Å². The van der Waals surface area contributed by atoms with Crippen LogP contribution in [0.1, 0.15) is 36.5 Å². The predicted octanol–water partition coefficient (Wildman–Crippen LogP) is 3.01. The Balaban J connectivity index is 1.35. The number of nitrogens with one attached hydrogen (secondary N) is 3. The van der Waals surface area contributed by atoms with E-state index in [1.165, 1.54) is 31.4 Å². The van der Waals surface area contributed by atoms with Gasteiger partial charge in [-0.1, -0.05) is 11.8 Å². The topological polar surface area (TPSA) is 83.4 Å². The molecule has 2 fully saturated rings. The molecule has 0 radical (unpaired) electrons. The molecule has 2 aliphatic rings. The van der Waals surface area contributed by atoms with E-state index >= 15 is 0 Å². The Bertz CT molecular complexity index is 818. The highest BCUT2D eigenvalue weighted by atomic mass is 32.2. The van der Waals surface area contributed by atoms with Gasteiger partial charge in [-0.2, -0.15) is 0 Å². The van der Waals surface area contributed by atoms with Crippen molar-refractivity contribution in [1.29, 1.82) is 0 Å². The molecule has 0 aliphatic carbocycles. The first-order valence-corrected chi connectivity index (χ1v) is 9.59.